The number of carbonyl (C=O) groups is 3. The largest absolute Gasteiger partial charge is 0.462 e. The Morgan fingerprint density at radius 2 is 0.650 bits per heavy atom. The number of rotatable bonds is 47. The average Bonchev–Trinajstić information content (AvgIpc) is 3.24. The summed E-state index contributed by atoms with van der Waals surface area (Å²) in [5, 5.41) is 0. The van der Waals surface area contributed by atoms with Crippen LogP contribution in [0.4, 0.5) is 0 Å². The summed E-state index contributed by atoms with van der Waals surface area (Å²) in [6.07, 6.45) is 56.9. The van der Waals surface area contributed by atoms with E-state index < -0.39 is 6.10 Å². The number of esters is 3. The first kappa shape index (κ1) is 57.6. The summed E-state index contributed by atoms with van der Waals surface area (Å²) >= 11 is 0. The minimum absolute atomic E-state index is 0.0734. The van der Waals surface area contributed by atoms with Gasteiger partial charge >= 0.3 is 17.9 Å². The van der Waals surface area contributed by atoms with Gasteiger partial charge in [-0.2, -0.15) is 0 Å². The van der Waals surface area contributed by atoms with Gasteiger partial charge < -0.3 is 14.2 Å². The Balaban J connectivity index is 4.36. The number of unbranched alkanes of at least 4 members (excludes halogenated alkanes) is 30. The SMILES string of the molecule is CC/C=C\C/C=C\C/C=C\CCCCCCCC(=O)OC[C@H](COC(=O)CCCCCCCCCCCCCC)OC(=O)CCCCCCCCCCCCCCCCC. The first-order valence-corrected chi connectivity index (χ1v) is 26.0. The van der Waals surface area contributed by atoms with Crippen molar-refractivity contribution in [2.24, 2.45) is 0 Å². The van der Waals surface area contributed by atoms with E-state index in [1.165, 1.54) is 135 Å². The van der Waals surface area contributed by atoms with Crippen molar-refractivity contribution in [3.63, 3.8) is 0 Å². The molecule has 0 aromatic heterocycles. The van der Waals surface area contributed by atoms with Crippen molar-refractivity contribution in [1.82, 2.24) is 0 Å². The lowest BCUT2D eigenvalue weighted by Crippen LogP contribution is -2.30. The lowest BCUT2D eigenvalue weighted by atomic mass is 10.0. The van der Waals surface area contributed by atoms with Crippen molar-refractivity contribution in [2.45, 2.75) is 277 Å². The predicted molar refractivity (Wildman–Crippen MR) is 256 cm³/mol. The molecule has 0 aliphatic rings. The van der Waals surface area contributed by atoms with Crippen LogP contribution in [0, 0.1) is 0 Å². The van der Waals surface area contributed by atoms with Gasteiger partial charge in [-0.3, -0.25) is 14.4 Å². The van der Waals surface area contributed by atoms with E-state index in [9.17, 15) is 14.4 Å². The molecule has 0 unspecified atom stereocenters. The molecule has 6 nitrogen and oxygen atoms in total. The molecule has 60 heavy (non-hydrogen) atoms. The van der Waals surface area contributed by atoms with Crippen molar-refractivity contribution in [2.75, 3.05) is 13.2 Å². The van der Waals surface area contributed by atoms with Crippen LogP contribution in [0.1, 0.15) is 271 Å². The van der Waals surface area contributed by atoms with E-state index in [1.807, 2.05) is 0 Å². The fraction of sp³-hybridized carbons (Fsp3) is 0.833. The standard InChI is InChI=1S/C54H98O6/c1-4-7-10-13-16-19-22-25-27-29-32-35-38-41-44-47-53(56)59-50-51(49-58-52(55)46-43-40-37-34-31-24-21-18-15-12-9-6-3)60-54(57)48-45-42-39-36-33-30-28-26-23-20-17-14-11-8-5-2/h7,10,16,19,25,27,51H,4-6,8-9,11-15,17-18,20-24,26,28-50H2,1-3H3/b10-7-,19-16-,27-25-/t51-/m0/s1. The van der Waals surface area contributed by atoms with Crippen LogP contribution in [0.15, 0.2) is 36.5 Å². The Kier molecular flexibility index (Phi) is 47.3. The molecule has 0 heterocycles. The average molecular weight is 843 g/mol. The molecular weight excluding hydrogens is 745 g/mol. The summed E-state index contributed by atoms with van der Waals surface area (Å²) in [6.45, 7) is 6.53. The molecule has 0 amide bonds. The van der Waals surface area contributed by atoms with Crippen LogP contribution in [-0.4, -0.2) is 37.2 Å². The van der Waals surface area contributed by atoms with Gasteiger partial charge in [0.05, 0.1) is 0 Å². The maximum absolute atomic E-state index is 12.8. The molecule has 0 bridgehead atoms. The Morgan fingerprint density at radius 3 is 1.02 bits per heavy atom. The highest BCUT2D eigenvalue weighted by atomic mass is 16.6. The van der Waals surface area contributed by atoms with Crippen LogP contribution in [0.2, 0.25) is 0 Å². The van der Waals surface area contributed by atoms with Crippen LogP contribution >= 0.6 is 0 Å². The third-order valence-electron chi connectivity index (χ3n) is 11.4. The van der Waals surface area contributed by atoms with Gasteiger partial charge in [0.25, 0.3) is 0 Å². The maximum Gasteiger partial charge on any atom is 0.306 e. The van der Waals surface area contributed by atoms with Gasteiger partial charge in [0, 0.05) is 19.3 Å². The Bertz CT molecular complexity index is 1020. The summed E-state index contributed by atoms with van der Waals surface area (Å²) in [6, 6.07) is 0. The first-order chi connectivity index (χ1) is 29.5. The van der Waals surface area contributed by atoms with E-state index in [4.69, 9.17) is 14.2 Å². The van der Waals surface area contributed by atoms with E-state index in [0.717, 1.165) is 96.3 Å². The summed E-state index contributed by atoms with van der Waals surface area (Å²) in [4.78, 5) is 37.9. The summed E-state index contributed by atoms with van der Waals surface area (Å²) in [7, 11) is 0. The zero-order chi connectivity index (χ0) is 43.7. The topological polar surface area (TPSA) is 78.9 Å². The zero-order valence-corrected chi connectivity index (χ0v) is 40.0. The van der Waals surface area contributed by atoms with Gasteiger partial charge in [-0.25, -0.2) is 0 Å². The lowest BCUT2D eigenvalue weighted by molar-refractivity contribution is -0.167. The summed E-state index contributed by atoms with van der Waals surface area (Å²) in [5.74, 6) is -0.879. The van der Waals surface area contributed by atoms with Crippen LogP contribution in [-0.2, 0) is 28.6 Å². The summed E-state index contributed by atoms with van der Waals surface area (Å²) in [5.41, 5.74) is 0. The normalized spacial score (nSPS) is 12.2. The monoisotopic (exact) mass is 843 g/mol. The van der Waals surface area contributed by atoms with Gasteiger partial charge in [0.1, 0.15) is 13.2 Å². The number of hydrogen-bond acceptors (Lipinski definition) is 6. The second-order valence-corrected chi connectivity index (χ2v) is 17.4. The molecule has 0 rings (SSSR count). The van der Waals surface area contributed by atoms with Gasteiger partial charge in [-0.05, 0) is 51.4 Å². The molecule has 0 aromatic rings. The number of hydrogen-bond donors (Lipinski definition) is 0. The van der Waals surface area contributed by atoms with Crippen LogP contribution in [0.25, 0.3) is 0 Å². The molecule has 6 heteroatoms. The highest BCUT2D eigenvalue weighted by Gasteiger charge is 2.19. The number of allylic oxidation sites excluding steroid dienone is 6. The molecule has 0 saturated carbocycles. The van der Waals surface area contributed by atoms with Crippen LogP contribution in [0.3, 0.4) is 0 Å². The van der Waals surface area contributed by atoms with Gasteiger partial charge in [0.2, 0.25) is 0 Å². The van der Waals surface area contributed by atoms with E-state index >= 15 is 0 Å². The van der Waals surface area contributed by atoms with Crippen molar-refractivity contribution in [1.29, 1.82) is 0 Å². The molecule has 0 aliphatic carbocycles. The van der Waals surface area contributed by atoms with Crippen molar-refractivity contribution in [3.8, 4) is 0 Å². The second kappa shape index (κ2) is 49.3. The fourth-order valence-corrected chi connectivity index (χ4v) is 7.52. The van der Waals surface area contributed by atoms with E-state index in [1.54, 1.807) is 0 Å². The van der Waals surface area contributed by atoms with Crippen molar-refractivity contribution in [3.05, 3.63) is 36.5 Å². The highest BCUT2D eigenvalue weighted by Crippen LogP contribution is 2.16. The third kappa shape index (κ3) is 46.7. The van der Waals surface area contributed by atoms with E-state index in [0.29, 0.717) is 19.3 Å². The van der Waals surface area contributed by atoms with Crippen LogP contribution in [0.5, 0.6) is 0 Å². The smallest absolute Gasteiger partial charge is 0.306 e. The maximum atomic E-state index is 12.8. The molecule has 1 atom stereocenters. The minimum atomic E-state index is -0.773. The Hall–Kier alpha value is -2.37. The van der Waals surface area contributed by atoms with Crippen molar-refractivity contribution < 1.29 is 28.6 Å². The quantitative estimate of drug-likeness (QED) is 0.0263. The molecule has 350 valence electrons. The molecular formula is C54H98O6. The third-order valence-corrected chi connectivity index (χ3v) is 11.4. The lowest BCUT2D eigenvalue weighted by Gasteiger charge is -2.18. The highest BCUT2D eigenvalue weighted by molar-refractivity contribution is 5.71. The molecule has 0 N–H and O–H groups in total. The molecule has 0 saturated heterocycles. The van der Waals surface area contributed by atoms with Gasteiger partial charge in [0.15, 0.2) is 6.10 Å². The molecule has 0 aromatic carbocycles. The number of ether oxygens (including phenoxy) is 3. The first-order valence-electron chi connectivity index (χ1n) is 26.0. The minimum Gasteiger partial charge on any atom is -0.462 e. The van der Waals surface area contributed by atoms with Crippen molar-refractivity contribution >= 4 is 17.9 Å². The fourth-order valence-electron chi connectivity index (χ4n) is 7.52. The predicted octanol–water partition coefficient (Wildman–Crippen LogP) is 16.9. The van der Waals surface area contributed by atoms with Crippen LogP contribution < -0.4 is 0 Å². The van der Waals surface area contributed by atoms with Gasteiger partial charge in [-0.1, -0.05) is 237 Å². The Morgan fingerprint density at radius 1 is 0.350 bits per heavy atom. The second-order valence-electron chi connectivity index (χ2n) is 17.4. The molecule has 0 aliphatic heterocycles. The summed E-state index contributed by atoms with van der Waals surface area (Å²) < 4.78 is 16.8. The molecule has 0 radical (unpaired) electrons. The zero-order valence-electron chi connectivity index (χ0n) is 40.0. The van der Waals surface area contributed by atoms with Gasteiger partial charge in [-0.15, -0.1) is 0 Å². The van der Waals surface area contributed by atoms with E-state index in [2.05, 4.69) is 57.2 Å². The molecule has 0 spiro atoms. The van der Waals surface area contributed by atoms with E-state index in [-0.39, 0.29) is 31.1 Å². The Labute approximate surface area is 372 Å². The number of carbonyl (C=O) groups excluding carboxylic acids is 3. The molecule has 0 fully saturated rings.